The van der Waals surface area contributed by atoms with E-state index in [1.165, 1.54) is 0 Å². The maximum Gasteiger partial charge on any atom is 1.00 e. The van der Waals surface area contributed by atoms with Crippen molar-refractivity contribution in [2.45, 2.75) is 0 Å². The predicted octanol–water partition coefficient (Wildman–Crippen LogP) is -1.50. The van der Waals surface area contributed by atoms with Gasteiger partial charge >= 0.3 is 74.9 Å². The van der Waals surface area contributed by atoms with Crippen LogP contribution in [0.4, 0.5) is 0 Å². The van der Waals surface area contributed by atoms with E-state index in [1.54, 1.807) is 30.3 Å². The molecule has 0 radical (unpaired) electrons. The molecule has 3 heteroatoms. The standard InChI is InChI=1S/C7H6O2.Cs.H/c8-7(9)6-4-2-1-3-5-6;;/h1-5H,(H,8,9);;/q;+1;-1. The number of hydrogen-bond donors (Lipinski definition) is 1. The van der Waals surface area contributed by atoms with E-state index in [1.807, 2.05) is 0 Å². The molecule has 0 unspecified atom stereocenters. The van der Waals surface area contributed by atoms with Crippen molar-refractivity contribution in [3.05, 3.63) is 35.9 Å². The molecule has 48 valence electrons. The first kappa shape index (κ1) is 10.7. The summed E-state index contributed by atoms with van der Waals surface area (Å²) in [4.78, 5) is 10.2. The summed E-state index contributed by atoms with van der Waals surface area (Å²) in [6.45, 7) is 0. The molecule has 0 aromatic heterocycles. The summed E-state index contributed by atoms with van der Waals surface area (Å²) < 4.78 is 0. The van der Waals surface area contributed by atoms with Crippen molar-refractivity contribution in [1.82, 2.24) is 0 Å². The zero-order chi connectivity index (χ0) is 6.69. The summed E-state index contributed by atoms with van der Waals surface area (Å²) in [6, 6.07) is 8.30. The molecule has 0 heterocycles. The van der Waals surface area contributed by atoms with Gasteiger partial charge in [-0.2, -0.15) is 0 Å². The average Bonchev–Trinajstić information content (AvgIpc) is 1.90. The Bertz CT molecular complexity index is 213. The molecule has 0 saturated carbocycles. The minimum absolute atomic E-state index is 0. The molecule has 0 spiro atoms. The maximum atomic E-state index is 10.2. The molecule has 2 nitrogen and oxygen atoms in total. The number of aromatic carboxylic acids is 1. The van der Waals surface area contributed by atoms with E-state index in [0.717, 1.165) is 0 Å². The van der Waals surface area contributed by atoms with E-state index < -0.39 is 5.97 Å². The Labute approximate surface area is 120 Å². The largest absolute Gasteiger partial charge is 1.00 e. The first-order valence-corrected chi connectivity index (χ1v) is 2.59. The smallest absolute Gasteiger partial charge is 1.00 e. The van der Waals surface area contributed by atoms with Crippen LogP contribution in [0.2, 0.25) is 0 Å². The first-order chi connectivity index (χ1) is 4.30. The van der Waals surface area contributed by atoms with Crippen LogP contribution in [0.15, 0.2) is 30.3 Å². The summed E-state index contributed by atoms with van der Waals surface area (Å²) in [5, 5.41) is 8.38. The van der Waals surface area contributed by atoms with Gasteiger partial charge < -0.3 is 6.53 Å². The first-order valence-electron chi connectivity index (χ1n) is 2.59. The zero-order valence-electron chi connectivity index (χ0n) is 6.74. The molecule has 0 fully saturated rings. The number of rotatable bonds is 1. The third-order valence-electron chi connectivity index (χ3n) is 1.02. The van der Waals surface area contributed by atoms with Gasteiger partial charge in [0, 0.05) is 0 Å². The SMILES string of the molecule is O=C(O)c1ccccc1.[Cs+].[H-]. The summed E-state index contributed by atoms with van der Waals surface area (Å²) in [6.07, 6.45) is 0. The topological polar surface area (TPSA) is 37.3 Å². The van der Waals surface area contributed by atoms with Crippen molar-refractivity contribution < 1.29 is 80.2 Å². The van der Waals surface area contributed by atoms with Gasteiger partial charge in [0.2, 0.25) is 0 Å². The van der Waals surface area contributed by atoms with Gasteiger partial charge in [-0.3, -0.25) is 0 Å². The van der Waals surface area contributed by atoms with Gasteiger partial charge in [-0.15, -0.1) is 0 Å². The predicted molar refractivity (Wildman–Crippen MR) is 34.5 cm³/mol. The van der Waals surface area contributed by atoms with E-state index in [4.69, 9.17) is 5.11 Å². The second-order valence-corrected chi connectivity index (χ2v) is 1.67. The number of carbonyl (C=O) groups is 1. The molecule has 0 aliphatic rings. The van der Waals surface area contributed by atoms with Crippen LogP contribution in [-0.2, 0) is 0 Å². The van der Waals surface area contributed by atoms with Gasteiger partial charge in [-0.1, -0.05) is 18.2 Å². The molecule has 1 rings (SSSR count). The molecule has 1 N–H and O–H groups in total. The molecule has 1 aromatic rings. The minimum Gasteiger partial charge on any atom is -1.00 e. The van der Waals surface area contributed by atoms with Crippen LogP contribution in [0.3, 0.4) is 0 Å². The van der Waals surface area contributed by atoms with Gasteiger partial charge in [0.25, 0.3) is 0 Å². The van der Waals surface area contributed by atoms with Gasteiger partial charge in [-0.05, 0) is 12.1 Å². The normalized spacial score (nSPS) is 8.00. The van der Waals surface area contributed by atoms with Crippen LogP contribution in [0, 0.1) is 0 Å². The van der Waals surface area contributed by atoms with E-state index >= 15 is 0 Å². The number of benzene rings is 1. The quantitative estimate of drug-likeness (QED) is 0.664. The molecule has 0 saturated heterocycles. The molecule has 10 heavy (non-hydrogen) atoms. The molecule has 0 aliphatic carbocycles. The Morgan fingerprint density at radius 1 is 1.30 bits per heavy atom. The zero-order valence-corrected chi connectivity index (χ0v) is 12.0. The van der Waals surface area contributed by atoms with Crippen molar-refractivity contribution in [2.75, 3.05) is 0 Å². The fraction of sp³-hybridized carbons (Fsp3) is 0. The number of carboxylic acids is 1. The Hall–Kier alpha value is 0.742. The van der Waals surface area contributed by atoms with Crippen molar-refractivity contribution in [2.24, 2.45) is 0 Å². The van der Waals surface area contributed by atoms with Crippen LogP contribution in [0.1, 0.15) is 11.8 Å². The van der Waals surface area contributed by atoms with Gasteiger partial charge in [-0.25, -0.2) is 4.79 Å². The molecule has 0 atom stereocenters. The van der Waals surface area contributed by atoms with E-state index in [0.29, 0.717) is 5.56 Å². The van der Waals surface area contributed by atoms with E-state index in [9.17, 15) is 4.79 Å². The summed E-state index contributed by atoms with van der Waals surface area (Å²) >= 11 is 0. The van der Waals surface area contributed by atoms with Gasteiger partial charge in [0.05, 0.1) is 5.56 Å². The van der Waals surface area contributed by atoms with Crippen molar-refractivity contribution in [1.29, 1.82) is 0 Å². The maximum absolute atomic E-state index is 10.2. The molecular weight excluding hydrogens is 249 g/mol. The minimum atomic E-state index is -0.879. The third-order valence-corrected chi connectivity index (χ3v) is 1.02. The Kier molecular flexibility index (Phi) is 5.80. The summed E-state index contributed by atoms with van der Waals surface area (Å²) in [7, 11) is 0. The molecule has 0 amide bonds. The van der Waals surface area contributed by atoms with Crippen molar-refractivity contribution >= 4 is 5.97 Å². The molecular formula is C7H7CsO2. The fourth-order valence-corrected chi connectivity index (χ4v) is 0.581. The second-order valence-electron chi connectivity index (χ2n) is 1.67. The number of hydrogen-bond acceptors (Lipinski definition) is 1. The third kappa shape index (κ3) is 3.23. The Morgan fingerprint density at radius 3 is 2.10 bits per heavy atom. The molecule has 0 aliphatic heterocycles. The number of carboxylic acid groups (broad SMARTS) is 1. The van der Waals surface area contributed by atoms with Crippen LogP contribution >= 0.6 is 0 Å². The monoisotopic (exact) mass is 256 g/mol. The molecule has 0 bridgehead atoms. The summed E-state index contributed by atoms with van der Waals surface area (Å²) in [5.41, 5.74) is 0.331. The van der Waals surface area contributed by atoms with Crippen LogP contribution in [-0.4, -0.2) is 11.1 Å². The van der Waals surface area contributed by atoms with Crippen LogP contribution in [0.5, 0.6) is 0 Å². The van der Waals surface area contributed by atoms with E-state index in [-0.39, 0.29) is 70.3 Å². The van der Waals surface area contributed by atoms with Crippen molar-refractivity contribution in [3.63, 3.8) is 0 Å². The van der Waals surface area contributed by atoms with Gasteiger partial charge in [0.1, 0.15) is 0 Å². The van der Waals surface area contributed by atoms with Gasteiger partial charge in [0.15, 0.2) is 0 Å². The van der Waals surface area contributed by atoms with Crippen LogP contribution < -0.4 is 68.9 Å². The second kappa shape index (κ2) is 5.40. The molecule has 1 aromatic carbocycles. The summed E-state index contributed by atoms with van der Waals surface area (Å²) in [5.74, 6) is -0.879. The van der Waals surface area contributed by atoms with Crippen molar-refractivity contribution in [3.8, 4) is 0 Å². The van der Waals surface area contributed by atoms with E-state index in [2.05, 4.69) is 0 Å². The fourth-order valence-electron chi connectivity index (χ4n) is 0.581. The Balaban J connectivity index is 0. The Morgan fingerprint density at radius 2 is 1.80 bits per heavy atom. The average molecular weight is 256 g/mol. The van der Waals surface area contributed by atoms with Crippen LogP contribution in [0.25, 0.3) is 0 Å².